The number of piperidine rings is 1. The SMILES string of the molecule is CCCN(CCOC)C1CCNCC1.CO[C@@]1(C=O)/C=C/C[C@H](C)[C@@H](C)S(=O)(=O)NC(=O)c2ccc3c(c2)N(C[C@@H]2CC[C@H]21)C[C@@]1(CCCc2cc(Cl)ccc21)CO3. The lowest BCUT2D eigenvalue weighted by Gasteiger charge is -2.48. The summed E-state index contributed by atoms with van der Waals surface area (Å²) in [7, 11) is -0.622. The molecule has 1 saturated carbocycles. The Balaban J connectivity index is 0.000000344. The van der Waals surface area contributed by atoms with Gasteiger partial charge in [-0.15, -0.1) is 0 Å². The van der Waals surface area contributed by atoms with E-state index >= 15 is 0 Å². The summed E-state index contributed by atoms with van der Waals surface area (Å²) in [6.45, 7) is 13.0. The second kappa shape index (κ2) is 19.6. The minimum Gasteiger partial charge on any atom is -0.490 e. The van der Waals surface area contributed by atoms with Gasteiger partial charge in [-0.2, -0.15) is 0 Å². The number of aryl methyl sites for hydroxylation is 1. The Kier molecular flexibility index (Phi) is 15.0. The Bertz CT molecular complexity index is 1870. The smallest absolute Gasteiger partial charge is 0.264 e. The van der Waals surface area contributed by atoms with Crippen molar-refractivity contribution in [3.05, 3.63) is 70.3 Å². The van der Waals surface area contributed by atoms with Crippen molar-refractivity contribution in [2.45, 2.75) is 101 Å². The first-order valence-corrected chi connectivity index (χ1v) is 23.3. The molecule has 5 aliphatic rings. The normalized spacial score (nSPS) is 30.3. The van der Waals surface area contributed by atoms with Gasteiger partial charge in [0.15, 0.2) is 6.29 Å². The summed E-state index contributed by atoms with van der Waals surface area (Å²) in [4.78, 5) is 31.0. The van der Waals surface area contributed by atoms with Crippen LogP contribution in [0.1, 0.15) is 93.6 Å². The van der Waals surface area contributed by atoms with Crippen LogP contribution in [0.4, 0.5) is 5.69 Å². The number of hydrogen-bond donors (Lipinski definition) is 2. The molecule has 3 aliphatic heterocycles. The minimum atomic E-state index is -3.97. The Labute approximate surface area is 351 Å². The van der Waals surface area contributed by atoms with Crippen molar-refractivity contribution in [3.8, 4) is 5.75 Å². The molecule has 0 aromatic heterocycles. The minimum absolute atomic E-state index is 0.0434. The highest BCUT2D eigenvalue weighted by molar-refractivity contribution is 7.90. The van der Waals surface area contributed by atoms with Crippen LogP contribution < -0.4 is 19.7 Å². The quantitative estimate of drug-likeness (QED) is 0.223. The van der Waals surface area contributed by atoms with Crippen molar-refractivity contribution < 1.29 is 32.2 Å². The molecule has 13 heteroatoms. The number of carbonyl (C=O) groups excluding carboxylic acids is 2. The van der Waals surface area contributed by atoms with Crippen LogP contribution >= 0.6 is 11.6 Å². The van der Waals surface area contributed by atoms with Crippen molar-refractivity contribution in [2.24, 2.45) is 17.8 Å². The topological polar surface area (TPSA) is 127 Å². The summed E-state index contributed by atoms with van der Waals surface area (Å²) in [5.41, 5.74) is 2.05. The van der Waals surface area contributed by atoms with Crippen molar-refractivity contribution in [2.75, 3.05) is 71.6 Å². The molecule has 1 spiro atoms. The van der Waals surface area contributed by atoms with Crippen molar-refractivity contribution in [1.82, 2.24) is 14.9 Å². The predicted molar refractivity (Wildman–Crippen MR) is 231 cm³/mol. The molecule has 1 saturated heterocycles. The third-order valence-corrected chi connectivity index (χ3v) is 15.8. The van der Waals surface area contributed by atoms with Crippen LogP contribution in [0.15, 0.2) is 48.6 Å². The molecule has 7 rings (SSSR count). The largest absolute Gasteiger partial charge is 0.490 e. The van der Waals surface area contributed by atoms with Crippen molar-refractivity contribution in [1.29, 1.82) is 0 Å². The number of fused-ring (bicyclic) bond motifs is 4. The second-order valence-electron chi connectivity index (χ2n) is 17.2. The van der Waals surface area contributed by atoms with Crippen LogP contribution in [-0.4, -0.2) is 109 Å². The summed E-state index contributed by atoms with van der Waals surface area (Å²) >= 11 is 6.40. The number of aldehydes is 1. The standard InChI is InChI=1S/C34H41ClN2O6S.C11H24N2O/c1-22-6-4-15-34(20-38,42-3)29-11-8-26(29)18-37-19-33(14-5-7-24-16-27(35)10-12-28(24)33)21-43-31-13-9-25(17-30(31)37)32(39)36-44(40,41)23(22)2;1-3-8-13(9-10-14-2)11-4-6-12-7-5-11/h4,9-10,12-13,15-17,20,22-23,26,29H,5-8,11,14,18-19,21H2,1-3H3,(H,36,39);11-12H,3-10H2,1-2H3/b15-4+;/t22-,23+,26-,29+,33-,34+;/m0./s1. The van der Waals surface area contributed by atoms with Gasteiger partial charge < -0.3 is 24.4 Å². The van der Waals surface area contributed by atoms with E-state index in [1.54, 1.807) is 39.3 Å². The number of sulfonamides is 1. The fourth-order valence-electron chi connectivity index (χ4n) is 9.83. The molecule has 2 N–H and O–H groups in total. The number of anilines is 1. The Morgan fingerprint density at radius 2 is 1.86 bits per heavy atom. The zero-order valence-electron chi connectivity index (χ0n) is 35.1. The average Bonchev–Trinajstić information content (AvgIpc) is 3.36. The molecule has 2 aromatic rings. The highest BCUT2D eigenvalue weighted by atomic mass is 35.5. The maximum absolute atomic E-state index is 13.4. The van der Waals surface area contributed by atoms with Gasteiger partial charge in [-0.1, -0.05) is 37.6 Å². The monoisotopic (exact) mass is 840 g/mol. The molecule has 58 heavy (non-hydrogen) atoms. The van der Waals surface area contributed by atoms with Crippen LogP contribution in [0.25, 0.3) is 0 Å². The fourth-order valence-corrected chi connectivity index (χ4v) is 11.3. The number of benzene rings is 2. The number of hydrogen-bond acceptors (Lipinski definition) is 10. The number of methoxy groups -OCH3 is 2. The van der Waals surface area contributed by atoms with E-state index in [1.165, 1.54) is 50.0 Å². The summed E-state index contributed by atoms with van der Waals surface area (Å²) in [5, 5.41) is 3.29. The summed E-state index contributed by atoms with van der Waals surface area (Å²) < 4.78 is 46.5. The molecule has 2 bridgehead atoms. The van der Waals surface area contributed by atoms with E-state index in [-0.39, 0.29) is 28.7 Å². The summed E-state index contributed by atoms with van der Waals surface area (Å²) in [5.74, 6) is -0.203. The third-order valence-electron chi connectivity index (χ3n) is 13.6. The van der Waals surface area contributed by atoms with Gasteiger partial charge in [0.1, 0.15) is 11.4 Å². The molecule has 3 heterocycles. The van der Waals surface area contributed by atoms with Crippen LogP contribution in [0, 0.1) is 17.8 Å². The molecule has 0 unspecified atom stereocenters. The van der Waals surface area contributed by atoms with Gasteiger partial charge in [-0.05, 0) is 144 Å². The number of ether oxygens (including phenoxy) is 3. The molecule has 6 atom stereocenters. The summed E-state index contributed by atoms with van der Waals surface area (Å²) in [6.07, 6.45) is 13.5. The lowest BCUT2D eigenvalue weighted by atomic mass is 9.64. The first-order chi connectivity index (χ1) is 27.9. The van der Waals surface area contributed by atoms with E-state index in [9.17, 15) is 18.0 Å². The Hall–Kier alpha value is -3.00. The number of rotatable bonds is 8. The van der Waals surface area contributed by atoms with Crippen LogP contribution in [0.2, 0.25) is 5.02 Å². The molecule has 2 fully saturated rings. The van der Waals surface area contributed by atoms with E-state index in [4.69, 9.17) is 25.8 Å². The van der Waals surface area contributed by atoms with E-state index < -0.39 is 26.8 Å². The first kappa shape index (κ1) is 44.5. The van der Waals surface area contributed by atoms with Gasteiger partial charge in [0.2, 0.25) is 10.0 Å². The van der Waals surface area contributed by atoms with Crippen LogP contribution in [-0.2, 0) is 36.1 Å². The van der Waals surface area contributed by atoms with E-state index in [0.717, 1.165) is 63.3 Å². The fraction of sp³-hybridized carbons (Fsp3) is 0.644. The molecule has 2 aromatic carbocycles. The predicted octanol–water partition coefficient (Wildman–Crippen LogP) is 6.56. The molecule has 11 nitrogen and oxygen atoms in total. The number of halogens is 1. The molecule has 0 radical (unpaired) electrons. The highest BCUT2D eigenvalue weighted by Crippen LogP contribution is 2.48. The van der Waals surface area contributed by atoms with Gasteiger partial charge in [-0.3, -0.25) is 14.5 Å². The van der Waals surface area contributed by atoms with E-state index in [1.807, 2.05) is 25.1 Å². The molecule has 1 amide bonds. The van der Waals surface area contributed by atoms with Crippen molar-refractivity contribution in [3.63, 3.8) is 0 Å². The number of allylic oxidation sites excluding steroid dienone is 1. The van der Waals surface area contributed by atoms with Gasteiger partial charge >= 0.3 is 0 Å². The average molecular weight is 842 g/mol. The lowest BCUT2D eigenvalue weighted by molar-refractivity contribution is -0.135. The Morgan fingerprint density at radius 1 is 1.07 bits per heavy atom. The second-order valence-corrected chi connectivity index (χ2v) is 19.7. The van der Waals surface area contributed by atoms with Gasteiger partial charge in [0, 0.05) is 61.8 Å². The number of nitrogens with one attached hydrogen (secondary N) is 2. The lowest BCUT2D eigenvalue weighted by Crippen LogP contribution is -2.53. The Morgan fingerprint density at radius 3 is 2.55 bits per heavy atom. The third kappa shape index (κ3) is 9.79. The first-order valence-electron chi connectivity index (χ1n) is 21.4. The van der Waals surface area contributed by atoms with Gasteiger partial charge in [-0.25, -0.2) is 13.1 Å². The summed E-state index contributed by atoms with van der Waals surface area (Å²) in [6, 6.07) is 12.1. The molecular weight excluding hydrogens is 776 g/mol. The highest BCUT2D eigenvalue weighted by Gasteiger charge is 2.49. The maximum Gasteiger partial charge on any atom is 0.264 e. The zero-order valence-corrected chi connectivity index (χ0v) is 36.7. The van der Waals surface area contributed by atoms with Crippen molar-refractivity contribution >= 4 is 39.5 Å². The van der Waals surface area contributed by atoms with Gasteiger partial charge in [0.05, 0.1) is 24.2 Å². The zero-order chi connectivity index (χ0) is 41.5. The van der Waals surface area contributed by atoms with E-state index in [2.05, 4.69) is 38.9 Å². The van der Waals surface area contributed by atoms with Crippen LogP contribution in [0.3, 0.4) is 0 Å². The number of amides is 1. The van der Waals surface area contributed by atoms with Crippen LogP contribution in [0.5, 0.6) is 5.75 Å². The maximum atomic E-state index is 13.4. The number of carbonyl (C=O) groups is 2. The van der Waals surface area contributed by atoms with E-state index in [0.29, 0.717) is 36.9 Å². The number of nitrogens with zero attached hydrogens (tertiary/aromatic N) is 2. The molecule has 2 aliphatic carbocycles. The van der Waals surface area contributed by atoms with Gasteiger partial charge in [0.25, 0.3) is 5.91 Å². The molecule has 320 valence electrons. The molecular formula is C45H65ClN4O7S.